The van der Waals surface area contributed by atoms with E-state index in [4.69, 9.17) is 14.8 Å². The number of carbonyl (C=O) groups is 1. The number of para-hydroxylation sites is 2. The summed E-state index contributed by atoms with van der Waals surface area (Å²) in [4.78, 5) is 21.1. The summed E-state index contributed by atoms with van der Waals surface area (Å²) in [6.07, 6.45) is -1.07. The van der Waals surface area contributed by atoms with Gasteiger partial charge in [0.1, 0.15) is 0 Å². The second-order valence-electron chi connectivity index (χ2n) is 3.45. The molecule has 1 amide bonds. The highest BCUT2D eigenvalue weighted by Crippen LogP contribution is 2.33. The van der Waals surface area contributed by atoms with Crippen LogP contribution in [0.3, 0.4) is 0 Å². The van der Waals surface area contributed by atoms with E-state index in [1.54, 1.807) is 19.1 Å². The molecule has 1 aromatic carbocycles. The largest absolute Gasteiger partial charge is 0.465 e. The molecule has 1 unspecified atom stereocenters. The van der Waals surface area contributed by atoms with Crippen LogP contribution in [0.2, 0.25) is 0 Å². The van der Waals surface area contributed by atoms with E-state index >= 15 is 0 Å². The van der Waals surface area contributed by atoms with Crippen LogP contribution in [-0.4, -0.2) is 29.0 Å². The number of fused-ring (bicyclic) bond motifs is 1. The molecule has 1 heterocycles. The van der Waals surface area contributed by atoms with Gasteiger partial charge in [-0.25, -0.2) is 4.79 Å². The minimum atomic E-state index is -1.07. The standard InChI is InChI=1S/C10H12N2O4/c1-7(6-11-10(13)14)12-15-8-4-2-3-5-9(8)16-12/h2-5,7,11H,6H2,1H3,(H,13,14). The maximum atomic E-state index is 10.3. The minimum absolute atomic E-state index is 0.219. The molecule has 0 radical (unpaired) electrons. The van der Waals surface area contributed by atoms with Crippen LogP contribution >= 0.6 is 0 Å². The van der Waals surface area contributed by atoms with Crippen molar-refractivity contribution >= 4 is 6.09 Å². The molecule has 0 spiro atoms. The number of carboxylic acid groups (broad SMARTS) is 1. The average Bonchev–Trinajstić information content (AvgIpc) is 2.69. The SMILES string of the molecule is CC(CNC(=O)O)N1Oc2ccccc2O1. The van der Waals surface area contributed by atoms with Crippen molar-refractivity contribution in [1.29, 1.82) is 0 Å². The second-order valence-corrected chi connectivity index (χ2v) is 3.45. The van der Waals surface area contributed by atoms with Crippen molar-refractivity contribution in [3.8, 4) is 11.5 Å². The number of nitrogens with one attached hydrogen (secondary N) is 1. The highest BCUT2D eigenvalue weighted by atomic mass is 17.0. The lowest BCUT2D eigenvalue weighted by Gasteiger charge is -2.19. The fraction of sp³-hybridized carbons (Fsp3) is 0.300. The van der Waals surface area contributed by atoms with Crippen molar-refractivity contribution in [2.75, 3.05) is 6.54 Å². The predicted molar refractivity (Wildman–Crippen MR) is 55.0 cm³/mol. The van der Waals surface area contributed by atoms with E-state index in [0.29, 0.717) is 11.5 Å². The summed E-state index contributed by atoms with van der Waals surface area (Å²) in [5.74, 6) is 1.26. The molecule has 2 N–H and O–H groups in total. The molecule has 6 heteroatoms. The molecule has 1 aromatic rings. The van der Waals surface area contributed by atoms with E-state index in [2.05, 4.69) is 5.32 Å². The van der Waals surface area contributed by atoms with Crippen molar-refractivity contribution in [2.45, 2.75) is 13.0 Å². The Morgan fingerprint density at radius 1 is 1.44 bits per heavy atom. The van der Waals surface area contributed by atoms with E-state index in [9.17, 15) is 4.79 Å². The van der Waals surface area contributed by atoms with Crippen LogP contribution < -0.4 is 15.0 Å². The van der Waals surface area contributed by atoms with Crippen LogP contribution in [0.4, 0.5) is 4.79 Å². The number of hydroxylamine groups is 2. The maximum absolute atomic E-state index is 10.3. The van der Waals surface area contributed by atoms with Crippen LogP contribution in [0.5, 0.6) is 11.5 Å². The molecule has 0 aromatic heterocycles. The van der Waals surface area contributed by atoms with E-state index in [1.807, 2.05) is 12.1 Å². The van der Waals surface area contributed by atoms with Gasteiger partial charge in [0.25, 0.3) is 0 Å². The summed E-state index contributed by atoms with van der Waals surface area (Å²) in [6.45, 7) is 2.02. The van der Waals surface area contributed by atoms with Gasteiger partial charge >= 0.3 is 6.09 Å². The van der Waals surface area contributed by atoms with Gasteiger partial charge in [0.05, 0.1) is 6.04 Å². The first-order valence-corrected chi connectivity index (χ1v) is 4.88. The zero-order valence-corrected chi connectivity index (χ0v) is 8.71. The zero-order chi connectivity index (χ0) is 11.5. The lowest BCUT2D eigenvalue weighted by Crippen LogP contribution is -2.43. The number of hydrogen-bond acceptors (Lipinski definition) is 4. The maximum Gasteiger partial charge on any atom is 0.404 e. The molecule has 1 atom stereocenters. The summed E-state index contributed by atoms with van der Waals surface area (Å²) in [7, 11) is 0. The number of amides is 1. The summed E-state index contributed by atoms with van der Waals surface area (Å²) >= 11 is 0. The summed E-state index contributed by atoms with van der Waals surface area (Å²) in [5, 5.41) is 12.0. The van der Waals surface area contributed by atoms with Crippen LogP contribution in [0.25, 0.3) is 0 Å². The van der Waals surface area contributed by atoms with Crippen molar-refractivity contribution < 1.29 is 19.6 Å². The molecule has 0 saturated carbocycles. The Kier molecular flexibility index (Phi) is 2.82. The fourth-order valence-electron chi connectivity index (χ4n) is 1.30. The second kappa shape index (κ2) is 4.28. The van der Waals surface area contributed by atoms with E-state index in [-0.39, 0.29) is 12.6 Å². The number of benzene rings is 1. The van der Waals surface area contributed by atoms with Crippen LogP contribution in [0.1, 0.15) is 6.92 Å². The van der Waals surface area contributed by atoms with Crippen molar-refractivity contribution in [3.05, 3.63) is 24.3 Å². The third kappa shape index (κ3) is 2.17. The Labute approximate surface area is 92.3 Å². The molecule has 0 fully saturated rings. The molecule has 0 bridgehead atoms. The molecule has 0 saturated heterocycles. The topological polar surface area (TPSA) is 71.0 Å². The molecule has 16 heavy (non-hydrogen) atoms. The van der Waals surface area contributed by atoms with Crippen LogP contribution in [0, 0.1) is 0 Å². The Bertz CT molecular complexity index is 371. The molecule has 1 aliphatic heterocycles. The Morgan fingerprint density at radius 3 is 2.50 bits per heavy atom. The Balaban J connectivity index is 1.93. The molecular weight excluding hydrogens is 212 g/mol. The van der Waals surface area contributed by atoms with Crippen molar-refractivity contribution in [1.82, 2.24) is 10.5 Å². The van der Waals surface area contributed by atoms with Gasteiger partial charge in [-0.1, -0.05) is 12.1 Å². The first kappa shape index (κ1) is 10.6. The quantitative estimate of drug-likeness (QED) is 0.808. The number of hydrogen-bond donors (Lipinski definition) is 2. The normalized spacial score (nSPS) is 15.8. The molecule has 86 valence electrons. The summed E-state index contributed by atoms with van der Waals surface area (Å²) in [6, 6.07) is 7.03. The molecule has 2 rings (SSSR count). The van der Waals surface area contributed by atoms with Gasteiger partial charge in [-0.2, -0.15) is 0 Å². The first-order valence-electron chi connectivity index (χ1n) is 4.88. The van der Waals surface area contributed by atoms with Gasteiger partial charge in [-0.05, 0) is 19.1 Å². The van der Waals surface area contributed by atoms with Gasteiger partial charge in [-0.15, -0.1) is 0 Å². The lowest BCUT2D eigenvalue weighted by molar-refractivity contribution is -0.249. The predicted octanol–water partition coefficient (Wildman–Crippen LogP) is 1.25. The highest BCUT2D eigenvalue weighted by Gasteiger charge is 2.27. The minimum Gasteiger partial charge on any atom is -0.465 e. The first-order chi connectivity index (χ1) is 7.66. The third-order valence-electron chi connectivity index (χ3n) is 2.13. The monoisotopic (exact) mass is 224 g/mol. The van der Waals surface area contributed by atoms with Gasteiger partial charge < -0.3 is 20.1 Å². The average molecular weight is 224 g/mol. The van der Waals surface area contributed by atoms with Crippen molar-refractivity contribution in [3.63, 3.8) is 0 Å². The molecular formula is C10H12N2O4. The Morgan fingerprint density at radius 2 is 2.00 bits per heavy atom. The number of rotatable bonds is 3. The molecule has 0 aliphatic carbocycles. The fourth-order valence-corrected chi connectivity index (χ4v) is 1.30. The lowest BCUT2D eigenvalue weighted by atomic mass is 10.3. The summed E-state index contributed by atoms with van der Waals surface area (Å²) in [5.41, 5.74) is 0. The number of nitrogens with zero attached hydrogens (tertiary/aromatic N) is 1. The molecule has 1 aliphatic rings. The third-order valence-corrected chi connectivity index (χ3v) is 2.13. The summed E-state index contributed by atoms with van der Waals surface area (Å²) < 4.78 is 0. The van der Waals surface area contributed by atoms with Gasteiger partial charge in [-0.3, -0.25) is 0 Å². The smallest absolute Gasteiger partial charge is 0.404 e. The Hall–Kier alpha value is -1.95. The molecule has 6 nitrogen and oxygen atoms in total. The van der Waals surface area contributed by atoms with Gasteiger partial charge in [0.15, 0.2) is 11.5 Å². The van der Waals surface area contributed by atoms with Gasteiger partial charge in [0, 0.05) is 11.8 Å². The van der Waals surface area contributed by atoms with Gasteiger partial charge in [0.2, 0.25) is 0 Å². The van der Waals surface area contributed by atoms with E-state index < -0.39 is 6.09 Å². The van der Waals surface area contributed by atoms with Crippen LogP contribution in [-0.2, 0) is 0 Å². The zero-order valence-electron chi connectivity index (χ0n) is 8.71. The van der Waals surface area contributed by atoms with Crippen LogP contribution in [0.15, 0.2) is 24.3 Å². The van der Waals surface area contributed by atoms with Crippen molar-refractivity contribution in [2.24, 2.45) is 0 Å². The highest BCUT2D eigenvalue weighted by molar-refractivity contribution is 5.64. The van der Waals surface area contributed by atoms with E-state index in [0.717, 1.165) is 0 Å². The van der Waals surface area contributed by atoms with E-state index in [1.165, 1.54) is 5.23 Å².